The molecular weight excluding hydrogens is 242 g/mol. The fourth-order valence-corrected chi connectivity index (χ4v) is 2.68. The molecule has 0 radical (unpaired) electrons. The zero-order valence-corrected chi connectivity index (χ0v) is 12.8. The van der Waals surface area contributed by atoms with Crippen molar-refractivity contribution in [1.82, 2.24) is 4.98 Å². The van der Waals surface area contributed by atoms with Crippen molar-refractivity contribution in [2.75, 3.05) is 0 Å². The molecule has 0 bridgehead atoms. The molecule has 0 aromatic carbocycles. The summed E-state index contributed by atoms with van der Waals surface area (Å²) >= 11 is 0. The van der Waals surface area contributed by atoms with Crippen molar-refractivity contribution in [3.8, 4) is 0 Å². The third kappa shape index (κ3) is 4.96. The number of aryl methyl sites for hydroxylation is 1. The summed E-state index contributed by atoms with van der Waals surface area (Å²) in [6.07, 6.45) is 20.2. The number of hydrogen-bond donors (Lipinski definition) is 0. The minimum absolute atomic E-state index is 1.03. The molecule has 20 heavy (non-hydrogen) atoms. The van der Waals surface area contributed by atoms with Crippen LogP contribution >= 0.6 is 0 Å². The fraction of sp³-hybridized carbons (Fsp3) is 0.526. The Morgan fingerprint density at radius 3 is 2.55 bits per heavy atom. The molecule has 1 aromatic rings. The quantitative estimate of drug-likeness (QED) is 0.434. The molecule has 2 rings (SSSR count). The van der Waals surface area contributed by atoms with Gasteiger partial charge in [0.25, 0.3) is 0 Å². The third-order valence-electron chi connectivity index (χ3n) is 3.98. The highest BCUT2D eigenvalue weighted by Gasteiger charge is 2.04. The summed E-state index contributed by atoms with van der Waals surface area (Å²) in [6, 6.07) is 4.45. The van der Waals surface area contributed by atoms with E-state index < -0.39 is 0 Å². The van der Waals surface area contributed by atoms with Crippen molar-refractivity contribution in [1.29, 1.82) is 0 Å². The molecule has 1 heterocycles. The minimum atomic E-state index is 1.03. The number of unbranched alkanes of at least 4 members (excludes halogenated alkanes) is 5. The first-order valence-corrected chi connectivity index (χ1v) is 8.19. The Morgan fingerprint density at radius 1 is 1.00 bits per heavy atom. The Bertz CT molecular complexity index is 439. The summed E-state index contributed by atoms with van der Waals surface area (Å²) in [5, 5.41) is 0. The van der Waals surface area contributed by atoms with E-state index in [-0.39, 0.29) is 0 Å². The van der Waals surface area contributed by atoms with Crippen molar-refractivity contribution in [3.05, 3.63) is 47.8 Å². The van der Waals surface area contributed by atoms with Gasteiger partial charge in [0, 0.05) is 6.20 Å². The zero-order chi connectivity index (χ0) is 14.0. The van der Waals surface area contributed by atoms with E-state index in [4.69, 9.17) is 0 Å². The standard InChI is InChI=1S/C19H27N/c1-2-3-4-5-6-8-11-17-14-15-19(20-16-17)18-12-9-7-10-13-18/h7,9,13-16H,2-6,8,10-12H2,1H3. The molecule has 0 N–H and O–H groups in total. The molecule has 1 aromatic heterocycles. The second-order valence-corrected chi connectivity index (χ2v) is 5.71. The van der Waals surface area contributed by atoms with Crippen LogP contribution in [0.15, 0.2) is 36.6 Å². The summed E-state index contributed by atoms with van der Waals surface area (Å²) in [5.74, 6) is 0. The molecule has 108 valence electrons. The Balaban J connectivity index is 1.73. The van der Waals surface area contributed by atoms with Crippen molar-refractivity contribution in [2.45, 2.75) is 64.7 Å². The van der Waals surface area contributed by atoms with E-state index in [2.05, 4.69) is 48.5 Å². The van der Waals surface area contributed by atoms with Gasteiger partial charge in [-0.05, 0) is 42.9 Å². The van der Waals surface area contributed by atoms with Crippen molar-refractivity contribution >= 4 is 5.57 Å². The summed E-state index contributed by atoms with van der Waals surface area (Å²) in [5.41, 5.74) is 3.91. The molecule has 1 aliphatic rings. The molecule has 1 nitrogen and oxygen atoms in total. The predicted octanol–water partition coefficient (Wildman–Crippen LogP) is 5.72. The van der Waals surface area contributed by atoms with Gasteiger partial charge in [-0.3, -0.25) is 4.98 Å². The van der Waals surface area contributed by atoms with Gasteiger partial charge in [0.2, 0.25) is 0 Å². The molecule has 0 atom stereocenters. The minimum Gasteiger partial charge on any atom is -0.256 e. The predicted molar refractivity (Wildman–Crippen MR) is 87.7 cm³/mol. The van der Waals surface area contributed by atoms with Crippen molar-refractivity contribution in [3.63, 3.8) is 0 Å². The van der Waals surface area contributed by atoms with Crippen molar-refractivity contribution in [2.24, 2.45) is 0 Å². The Hall–Kier alpha value is -1.37. The van der Waals surface area contributed by atoms with Gasteiger partial charge in [-0.25, -0.2) is 0 Å². The highest BCUT2D eigenvalue weighted by Crippen LogP contribution is 2.21. The van der Waals surface area contributed by atoms with Crippen LogP contribution in [-0.2, 0) is 6.42 Å². The molecular formula is C19H27N. The van der Waals surface area contributed by atoms with E-state index in [1.54, 1.807) is 0 Å². The molecule has 0 saturated heterocycles. The number of nitrogens with zero attached hydrogens (tertiary/aromatic N) is 1. The van der Waals surface area contributed by atoms with Gasteiger partial charge in [0.05, 0.1) is 5.69 Å². The highest BCUT2D eigenvalue weighted by atomic mass is 14.7. The summed E-state index contributed by atoms with van der Waals surface area (Å²) in [6.45, 7) is 2.27. The van der Waals surface area contributed by atoms with Crippen LogP contribution in [0.4, 0.5) is 0 Å². The lowest BCUT2D eigenvalue weighted by Gasteiger charge is -2.08. The smallest absolute Gasteiger partial charge is 0.0661 e. The molecule has 0 amide bonds. The fourth-order valence-electron chi connectivity index (χ4n) is 2.68. The molecule has 0 saturated carbocycles. The average Bonchev–Trinajstić information content (AvgIpc) is 2.52. The monoisotopic (exact) mass is 269 g/mol. The Morgan fingerprint density at radius 2 is 1.85 bits per heavy atom. The van der Waals surface area contributed by atoms with Gasteiger partial charge in [-0.15, -0.1) is 0 Å². The van der Waals surface area contributed by atoms with E-state index in [1.165, 1.54) is 56.1 Å². The van der Waals surface area contributed by atoms with Gasteiger partial charge in [0.1, 0.15) is 0 Å². The first-order valence-electron chi connectivity index (χ1n) is 8.19. The lowest BCUT2D eigenvalue weighted by Crippen LogP contribution is -1.94. The summed E-state index contributed by atoms with van der Waals surface area (Å²) in [7, 11) is 0. The molecule has 0 fully saturated rings. The van der Waals surface area contributed by atoms with Gasteiger partial charge in [-0.2, -0.15) is 0 Å². The van der Waals surface area contributed by atoms with Crippen LogP contribution in [0.1, 0.15) is 69.5 Å². The van der Waals surface area contributed by atoms with E-state index in [1.807, 2.05) is 0 Å². The number of aromatic nitrogens is 1. The lowest BCUT2D eigenvalue weighted by molar-refractivity contribution is 0.607. The topological polar surface area (TPSA) is 12.9 Å². The van der Waals surface area contributed by atoms with Gasteiger partial charge >= 0.3 is 0 Å². The molecule has 0 unspecified atom stereocenters. The van der Waals surface area contributed by atoms with Crippen LogP contribution in [0.2, 0.25) is 0 Å². The molecule has 0 spiro atoms. The summed E-state index contributed by atoms with van der Waals surface area (Å²) in [4.78, 5) is 4.63. The number of rotatable bonds is 8. The van der Waals surface area contributed by atoms with Gasteiger partial charge in [-0.1, -0.05) is 63.3 Å². The van der Waals surface area contributed by atoms with Crippen LogP contribution in [0.25, 0.3) is 5.57 Å². The van der Waals surface area contributed by atoms with Crippen molar-refractivity contribution < 1.29 is 0 Å². The van der Waals surface area contributed by atoms with E-state index in [9.17, 15) is 0 Å². The number of pyridine rings is 1. The van der Waals surface area contributed by atoms with E-state index >= 15 is 0 Å². The maximum Gasteiger partial charge on any atom is 0.0661 e. The van der Waals surface area contributed by atoms with Crippen LogP contribution in [0.3, 0.4) is 0 Å². The normalized spacial score (nSPS) is 14.3. The largest absolute Gasteiger partial charge is 0.256 e. The molecule has 1 heteroatoms. The highest BCUT2D eigenvalue weighted by molar-refractivity contribution is 5.65. The SMILES string of the molecule is CCCCCCCCc1ccc(C2=CCC=CC2)nc1. The van der Waals surface area contributed by atoms with Crippen LogP contribution in [0.5, 0.6) is 0 Å². The Labute approximate surface area is 123 Å². The van der Waals surface area contributed by atoms with Crippen LogP contribution < -0.4 is 0 Å². The average molecular weight is 269 g/mol. The second-order valence-electron chi connectivity index (χ2n) is 5.71. The number of hydrogen-bond acceptors (Lipinski definition) is 1. The lowest BCUT2D eigenvalue weighted by atomic mass is 10.0. The van der Waals surface area contributed by atoms with Gasteiger partial charge < -0.3 is 0 Å². The van der Waals surface area contributed by atoms with Gasteiger partial charge in [0.15, 0.2) is 0 Å². The molecule has 0 aliphatic heterocycles. The van der Waals surface area contributed by atoms with E-state index in [0.29, 0.717) is 0 Å². The van der Waals surface area contributed by atoms with Crippen LogP contribution in [0, 0.1) is 0 Å². The maximum atomic E-state index is 4.63. The second kappa shape index (κ2) is 8.73. The number of allylic oxidation sites excluding steroid dienone is 4. The third-order valence-corrected chi connectivity index (χ3v) is 3.98. The van der Waals surface area contributed by atoms with Crippen LogP contribution in [-0.4, -0.2) is 4.98 Å². The Kier molecular flexibility index (Phi) is 6.56. The first kappa shape index (κ1) is 15.0. The van der Waals surface area contributed by atoms with E-state index in [0.717, 1.165) is 18.5 Å². The molecule has 1 aliphatic carbocycles. The maximum absolute atomic E-state index is 4.63. The first-order chi connectivity index (χ1) is 9.90. The summed E-state index contributed by atoms with van der Waals surface area (Å²) < 4.78 is 0. The zero-order valence-electron chi connectivity index (χ0n) is 12.8.